The van der Waals surface area contributed by atoms with Crippen molar-refractivity contribution in [1.82, 2.24) is 15.4 Å². The van der Waals surface area contributed by atoms with Crippen LogP contribution in [0.3, 0.4) is 0 Å². The van der Waals surface area contributed by atoms with Gasteiger partial charge in [-0.2, -0.15) is 0 Å². The minimum Gasteiger partial charge on any atom is -0.138 e. The monoisotopic (exact) mass is 114 g/mol. The van der Waals surface area contributed by atoms with Crippen molar-refractivity contribution in [3.63, 3.8) is 0 Å². The van der Waals surface area contributed by atoms with Crippen LogP contribution in [0.25, 0.3) is 0 Å². The molecule has 0 bridgehead atoms. The van der Waals surface area contributed by atoms with Crippen LogP contribution in [0, 0.1) is 6.07 Å². The van der Waals surface area contributed by atoms with Crippen molar-refractivity contribution in [3.8, 4) is 0 Å². The molecule has 0 N–H and O–H groups in total. The van der Waals surface area contributed by atoms with Crippen molar-refractivity contribution in [1.29, 1.82) is 0 Å². The third-order valence-corrected chi connectivity index (χ3v) is 0.610. The summed E-state index contributed by atoms with van der Waals surface area (Å²) < 4.78 is 0. The van der Waals surface area contributed by atoms with Gasteiger partial charge in [0.25, 0.3) is 0 Å². The van der Waals surface area contributed by atoms with Gasteiger partial charge in [0.05, 0.1) is 6.20 Å². The van der Waals surface area contributed by atoms with E-state index in [2.05, 4.69) is 21.5 Å². The zero-order chi connectivity index (χ0) is 5.11. The lowest BCUT2D eigenvalue weighted by Gasteiger charge is -1.75. The van der Waals surface area contributed by atoms with Crippen molar-refractivity contribution in [3.05, 3.63) is 17.4 Å². The first-order valence-corrected chi connectivity index (χ1v) is 1.99. The van der Waals surface area contributed by atoms with E-state index < -0.39 is 0 Å². The van der Waals surface area contributed by atoms with Gasteiger partial charge in [-0.1, -0.05) is 11.6 Å². The quantitative estimate of drug-likeness (QED) is 0.488. The van der Waals surface area contributed by atoms with Crippen LogP contribution in [0.4, 0.5) is 0 Å². The molecule has 1 rings (SSSR count). The molecule has 3 nitrogen and oxygen atoms in total. The summed E-state index contributed by atoms with van der Waals surface area (Å²) in [7, 11) is 0. The number of aromatic nitrogens is 3. The van der Waals surface area contributed by atoms with E-state index in [4.69, 9.17) is 11.6 Å². The second-order valence-corrected chi connectivity index (χ2v) is 1.23. The number of halogens is 1. The Kier molecular flexibility index (Phi) is 1.17. The summed E-state index contributed by atoms with van der Waals surface area (Å²) in [5.41, 5.74) is 0. The fourth-order valence-electron chi connectivity index (χ4n) is 0.202. The van der Waals surface area contributed by atoms with Crippen LogP contribution in [-0.4, -0.2) is 15.4 Å². The van der Waals surface area contributed by atoms with E-state index in [9.17, 15) is 0 Å². The summed E-state index contributed by atoms with van der Waals surface area (Å²) in [6.07, 6.45) is 1.36. The molecule has 0 amide bonds. The predicted molar refractivity (Wildman–Crippen MR) is 23.7 cm³/mol. The Balaban J connectivity index is 3.02. The number of hydrogen-bond acceptors (Lipinski definition) is 3. The maximum absolute atomic E-state index is 5.27. The van der Waals surface area contributed by atoms with E-state index in [1.165, 1.54) is 6.20 Å². The highest BCUT2D eigenvalue weighted by Crippen LogP contribution is 1.93. The topological polar surface area (TPSA) is 38.7 Å². The third kappa shape index (κ3) is 1.08. The maximum Gasteiger partial charge on any atom is 0.163 e. The Labute approximate surface area is 45.3 Å². The number of rotatable bonds is 0. The minimum absolute atomic E-state index is 0.245. The highest BCUT2D eigenvalue weighted by atomic mass is 35.5. The summed E-state index contributed by atoms with van der Waals surface area (Å²) >= 11 is 5.27. The summed E-state index contributed by atoms with van der Waals surface area (Å²) in [5.74, 6) is 0. The molecule has 1 aromatic rings. The molecular formula is C3HClN3. The molecule has 0 spiro atoms. The summed E-state index contributed by atoms with van der Waals surface area (Å²) in [5, 5.41) is 10.1. The van der Waals surface area contributed by atoms with E-state index >= 15 is 0 Å². The second kappa shape index (κ2) is 1.84. The van der Waals surface area contributed by atoms with Gasteiger partial charge < -0.3 is 0 Å². The zero-order valence-corrected chi connectivity index (χ0v) is 4.05. The van der Waals surface area contributed by atoms with Crippen molar-refractivity contribution < 1.29 is 0 Å². The zero-order valence-electron chi connectivity index (χ0n) is 3.30. The lowest BCUT2D eigenvalue weighted by Crippen LogP contribution is -1.82. The maximum atomic E-state index is 5.27. The molecule has 0 aromatic carbocycles. The molecule has 1 radical (unpaired) electrons. The predicted octanol–water partition coefficient (Wildman–Crippen LogP) is 0.325. The second-order valence-electron chi connectivity index (χ2n) is 0.869. The van der Waals surface area contributed by atoms with Gasteiger partial charge in [-0.3, -0.25) is 0 Å². The van der Waals surface area contributed by atoms with Gasteiger partial charge in [0.1, 0.15) is 0 Å². The number of hydrogen-bond donors (Lipinski definition) is 0. The van der Waals surface area contributed by atoms with Gasteiger partial charge in [0, 0.05) is 6.07 Å². The van der Waals surface area contributed by atoms with Gasteiger partial charge in [-0.25, -0.2) is 0 Å². The standard InChI is InChI=1S/C3HClN3/c4-3-1-2-5-7-6-3/h2H. The van der Waals surface area contributed by atoms with Gasteiger partial charge in [-0.15, -0.1) is 10.2 Å². The van der Waals surface area contributed by atoms with Crippen molar-refractivity contribution >= 4 is 11.6 Å². The molecule has 0 aliphatic carbocycles. The summed E-state index contributed by atoms with van der Waals surface area (Å²) in [6, 6.07) is 2.51. The van der Waals surface area contributed by atoms with E-state index in [1.54, 1.807) is 0 Å². The van der Waals surface area contributed by atoms with Gasteiger partial charge in [0.2, 0.25) is 0 Å². The van der Waals surface area contributed by atoms with Crippen LogP contribution < -0.4 is 0 Å². The van der Waals surface area contributed by atoms with Gasteiger partial charge in [0.15, 0.2) is 5.15 Å². The highest BCUT2D eigenvalue weighted by Gasteiger charge is 1.80. The Morgan fingerprint density at radius 1 is 1.71 bits per heavy atom. The van der Waals surface area contributed by atoms with E-state index in [0.29, 0.717) is 0 Å². The third-order valence-electron chi connectivity index (χ3n) is 0.426. The molecule has 35 valence electrons. The van der Waals surface area contributed by atoms with Crippen LogP contribution in [0.15, 0.2) is 6.20 Å². The van der Waals surface area contributed by atoms with Gasteiger partial charge >= 0.3 is 0 Å². The lowest BCUT2D eigenvalue weighted by molar-refractivity contribution is 0.863. The molecule has 0 saturated carbocycles. The molecule has 0 atom stereocenters. The summed E-state index contributed by atoms with van der Waals surface area (Å²) in [6.45, 7) is 0. The average molecular weight is 115 g/mol. The highest BCUT2D eigenvalue weighted by molar-refractivity contribution is 6.29. The fraction of sp³-hybridized carbons (Fsp3) is 0. The van der Waals surface area contributed by atoms with Crippen molar-refractivity contribution in [2.24, 2.45) is 0 Å². The summed E-state index contributed by atoms with van der Waals surface area (Å²) in [4.78, 5) is 0. The molecule has 0 aliphatic rings. The molecule has 7 heavy (non-hydrogen) atoms. The molecule has 0 fully saturated rings. The largest absolute Gasteiger partial charge is 0.163 e. The van der Waals surface area contributed by atoms with Crippen molar-refractivity contribution in [2.45, 2.75) is 0 Å². The van der Waals surface area contributed by atoms with Crippen LogP contribution >= 0.6 is 11.6 Å². The van der Waals surface area contributed by atoms with E-state index in [0.717, 1.165) is 0 Å². The normalized spacial score (nSPS) is 8.71. The first-order valence-electron chi connectivity index (χ1n) is 1.61. The van der Waals surface area contributed by atoms with Crippen molar-refractivity contribution in [2.75, 3.05) is 0 Å². The first kappa shape index (κ1) is 4.46. The smallest absolute Gasteiger partial charge is 0.138 e. The molecule has 0 saturated heterocycles. The van der Waals surface area contributed by atoms with Crippen LogP contribution in [0.2, 0.25) is 5.15 Å². The molecule has 1 heterocycles. The Morgan fingerprint density at radius 3 is 2.86 bits per heavy atom. The Bertz CT molecular complexity index is 140. The number of nitrogens with zero attached hydrogens (tertiary/aromatic N) is 3. The van der Waals surface area contributed by atoms with E-state index in [-0.39, 0.29) is 5.15 Å². The molecule has 1 aromatic heterocycles. The Morgan fingerprint density at radius 2 is 2.57 bits per heavy atom. The van der Waals surface area contributed by atoms with Crippen LogP contribution in [0.5, 0.6) is 0 Å². The molecule has 0 aliphatic heterocycles. The SMILES string of the molecule is Clc1[c]cnnn1. The fourth-order valence-corrected chi connectivity index (χ4v) is 0.285. The lowest BCUT2D eigenvalue weighted by atomic mass is 10.7. The Hall–Kier alpha value is -0.700. The molecular weight excluding hydrogens is 114 g/mol. The molecule has 4 heteroatoms. The van der Waals surface area contributed by atoms with Gasteiger partial charge in [-0.05, 0) is 5.21 Å². The van der Waals surface area contributed by atoms with Crippen LogP contribution in [-0.2, 0) is 0 Å². The first-order chi connectivity index (χ1) is 3.39. The van der Waals surface area contributed by atoms with E-state index in [1.807, 2.05) is 0 Å². The average Bonchev–Trinajstić information content (AvgIpc) is 1.69. The molecule has 0 unspecified atom stereocenters. The van der Waals surface area contributed by atoms with Crippen LogP contribution in [0.1, 0.15) is 0 Å². The minimum atomic E-state index is 0.245.